The largest absolute Gasteiger partial charge is 0.351 e. The van der Waals surface area contributed by atoms with Crippen molar-refractivity contribution in [3.63, 3.8) is 0 Å². The molecule has 2 aliphatic heterocycles. The highest BCUT2D eigenvalue weighted by molar-refractivity contribution is 7.12. The maximum absolute atomic E-state index is 12.3. The zero-order chi connectivity index (χ0) is 20.8. The van der Waals surface area contributed by atoms with E-state index in [-0.39, 0.29) is 48.9 Å². The number of likely N-dealkylation sites (tertiary alicyclic amines) is 1. The molecule has 0 atom stereocenters. The van der Waals surface area contributed by atoms with E-state index in [1.165, 1.54) is 11.3 Å². The topological polar surface area (TPSA) is 107 Å². The predicted molar refractivity (Wildman–Crippen MR) is 105 cm³/mol. The Morgan fingerprint density at radius 2 is 1.59 bits per heavy atom. The van der Waals surface area contributed by atoms with E-state index in [1.807, 2.05) is 11.4 Å². The van der Waals surface area contributed by atoms with Crippen LogP contribution in [0.3, 0.4) is 0 Å². The highest BCUT2D eigenvalue weighted by Crippen LogP contribution is 2.13. The molecule has 2 fully saturated rings. The lowest BCUT2D eigenvalue weighted by Gasteiger charge is -2.35. The van der Waals surface area contributed by atoms with E-state index in [2.05, 4.69) is 5.32 Å². The van der Waals surface area contributed by atoms with Gasteiger partial charge in [-0.1, -0.05) is 6.07 Å². The zero-order valence-electron chi connectivity index (χ0n) is 16.1. The third kappa shape index (κ3) is 5.41. The number of thiophene rings is 1. The Bertz CT molecular complexity index is 771. The minimum atomic E-state index is -0.302. The third-order valence-electron chi connectivity index (χ3n) is 5.03. The fourth-order valence-electron chi connectivity index (χ4n) is 3.33. The molecule has 3 rings (SSSR count). The van der Waals surface area contributed by atoms with Crippen molar-refractivity contribution in [2.24, 2.45) is 0 Å². The van der Waals surface area contributed by atoms with Crippen molar-refractivity contribution in [2.75, 3.05) is 39.3 Å². The fourth-order valence-corrected chi connectivity index (χ4v) is 3.97. The molecule has 0 spiro atoms. The quantitative estimate of drug-likeness (QED) is 0.497. The molecule has 156 valence electrons. The van der Waals surface area contributed by atoms with Gasteiger partial charge in [-0.3, -0.25) is 28.9 Å². The molecule has 0 saturated carbocycles. The average Bonchev–Trinajstić information content (AvgIpc) is 3.37. The van der Waals surface area contributed by atoms with Gasteiger partial charge in [-0.05, 0) is 17.9 Å². The van der Waals surface area contributed by atoms with Gasteiger partial charge in [0.25, 0.3) is 5.91 Å². The van der Waals surface area contributed by atoms with Crippen LogP contribution < -0.4 is 5.32 Å². The van der Waals surface area contributed by atoms with Gasteiger partial charge >= 0.3 is 0 Å². The van der Waals surface area contributed by atoms with Gasteiger partial charge in [-0.25, -0.2) is 0 Å². The van der Waals surface area contributed by atoms with Gasteiger partial charge in [-0.15, -0.1) is 11.3 Å². The monoisotopic (exact) mass is 420 g/mol. The van der Waals surface area contributed by atoms with Crippen LogP contribution in [0.2, 0.25) is 0 Å². The lowest BCUT2D eigenvalue weighted by Crippen LogP contribution is -2.53. The SMILES string of the molecule is O=C(NCCCC(=O)N1CCN(C(=O)CN2C(=O)CCC2=O)CC1)c1cccs1. The van der Waals surface area contributed by atoms with Crippen LogP contribution in [-0.2, 0) is 19.2 Å². The van der Waals surface area contributed by atoms with E-state index < -0.39 is 0 Å². The molecule has 29 heavy (non-hydrogen) atoms. The summed E-state index contributed by atoms with van der Waals surface area (Å²) in [4.78, 5) is 64.7. The number of carbonyl (C=O) groups is 5. The first-order chi connectivity index (χ1) is 14.0. The predicted octanol–water partition coefficient (Wildman–Crippen LogP) is 0.0779. The summed E-state index contributed by atoms with van der Waals surface area (Å²) in [5, 5.41) is 4.63. The van der Waals surface area contributed by atoms with E-state index in [9.17, 15) is 24.0 Å². The second-order valence-corrected chi connectivity index (χ2v) is 7.92. The first kappa shape index (κ1) is 21.0. The Balaban J connectivity index is 1.33. The van der Waals surface area contributed by atoms with Crippen LogP contribution in [0, 0.1) is 0 Å². The number of carbonyl (C=O) groups excluding carboxylic acids is 5. The minimum absolute atomic E-state index is 0.00706. The van der Waals surface area contributed by atoms with Gasteiger partial charge in [0.15, 0.2) is 0 Å². The van der Waals surface area contributed by atoms with Gasteiger partial charge in [-0.2, -0.15) is 0 Å². The van der Waals surface area contributed by atoms with Crippen LogP contribution in [0.5, 0.6) is 0 Å². The summed E-state index contributed by atoms with van der Waals surface area (Å²) in [7, 11) is 0. The Hall–Kier alpha value is -2.75. The summed E-state index contributed by atoms with van der Waals surface area (Å²) in [6.45, 7) is 1.84. The summed E-state index contributed by atoms with van der Waals surface area (Å²) < 4.78 is 0. The van der Waals surface area contributed by atoms with Gasteiger partial charge in [0.2, 0.25) is 23.6 Å². The molecular weight excluding hydrogens is 396 g/mol. The molecule has 1 N–H and O–H groups in total. The maximum atomic E-state index is 12.3. The van der Waals surface area contributed by atoms with Crippen molar-refractivity contribution < 1.29 is 24.0 Å². The molecule has 0 radical (unpaired) electrons. The first-order valence-electron chi connectivity index (χ1n) is 9.66. The van der Waals surface area contributed by atoms with Gasteiger partial charge < -0.3 is 15.1 Å². The maximum Gasteiger partial charge on any atom is 0.261 e. The fraction of sp³-hybridized carbons (Fsp3) is 0.526. The first-order valence-corrected chi connectivity index (χ1v) is 10.5. The van der Waals surface area contributed by atoms with Crippen molar-refractivity contribution in [2.45, 2.75) is 25.7 Å². The molecule has 10 heteroatoms. The molecule has 2 saturated heterocycles. The Morgan fingerprint density at radius 1 is 0.966 bits per heavy atom. The summed E-state index contributed by atoms with van der Waals surface area (Å²) in [5.41, 5.74) is 0. The number of imide groups is 1. The van der Waals surface area contributed by atoms with Crippen LogP contribution in [0.4, 0.5) is 0 Å². The Morgan fingerprint density at radius 3 is 2.17 bits per heavy atom. The highest BCUT2D eigenvalue weighted by atomic mass is 32.1. The molecule has 0 bridgehead atoms. The van der Waals surface area contributed by atoms with Crippen molar-refractivity contribution in [1.82, 2.24) is 20.0 Å². The van der Waals surface area contributed by atoms with Gasteiger partial charge in [0.05, 0.1) is 4.88 Å². The zero-order valence-corrected chi connectivity index (χ0v) is 16.9. The number of nitrogens with zero attached hydrogens (tertiary/aromatic N) is 3. The Labute approximate surface area is 172 Å². The lowest BCUT2D eigenvalue weighted by atomic mass is 10.2. The summed E-state index contributed by atoms with van der Waals surface area (Å²) in [6.07, 6.45) is 1.22. The number of hydrogen-bond donors (Lipinski definition) is 1. The normalized spacial score (nSPS) is 17.0. The third-order valence-corrected chi connectivity index (χ3v) is 5.90. The summed E-state index contributed by atoms with van der Waals surface area (Å²) in [5.74, 6) is -1.01. The van der Waals surface area contributed by atoms with E-state index in [0.717, 1.165) is 4.90 Å². The average molecular weight is 420 g/mol. The smallest absolute Gasteiger partial charge is 0.261 e. The van der Waals surface area contributed by atoms with Crippen LogP contribution in [0.1, 0.15) is 35.4 Å². The van der Waals surface area contributed by atoms with Crippen LogP contribution in [0.25, 0.3) is 0 Å². The number of nitrogens with one attached hydrogen (secondary N) is 1. The van der Waals surface area contributed by atoms with Gasteiger partial charge in [0, 0.05) is 52.0 Å². The van der Waals surface area contributed by atoms with Gasteiger partial charge in [0.1, 0.15) is 6.54 Å². The van der Waals surface area contributed by atoms with Crippen LogP contribution in [-0.4, -0.2) is 83.5 Å². The Kier molecular flexibility index (Phi) is 6.97. The molecule has 3 heterocycles. The second kappa shape index (κ2) is 9.64. The van der Waals surface area contributed by atoms with Crippen LogP contribution in [0.15, 0.2) is 17.5 Å². The van der Waals surface area contributed by atoms with E-state index >= 15 is 0 Å². The summed E-state index contributed by atoms with van der Waals surface area (Å²) >= 11 is 1.37. The van der Waals surface area contributed by atoms with Crippen LogP contribution >= 0.6 is 11.3 Å². The molecule has 0 aliphatic carbocycles. The molecule has 0 aromatic carbocycles. The molecule has 9 nitrogen and oxygen atoms in total. The summed E-state index contributed by atoms with van der Waals surface area (Å²) in [6, 6.07) is 3.57. The van der Waals surface area contributed by atoms with Crippen molar-refractivity contribution in [3.05, 3.63) is 22.4 Å². The standard InChI is InChI=1S/C19H24N4O5S/c24-15(4-1-7-20-19(28)14-3-2-12-29-14)21-8-10-22(11-9-21)18(27)13-23-16(25)5-6-17(23)26/h2-3,12H,1,4-11,13H2,(H,20,28). The van der Waals surface area contributed by atoms with Crippen molar-refractivity contribution in [3.8, 4) is 0 Å². The molecule has 2 aliphatic rings. The number of rotatable bonds is 7. The molecular formula is C19H24N4O5S. The van der Waals surface area contributed by atoms with Crippen molar-refractivity contribution >= 4 is 40.9 Å². The number of hydrogen-bond acceptors (Lipinski definition) is 6. The number of piperazine rings is 1. The molecule has 5 amide bonds. The van der Waals surface area contributed by atoms with E-state index in [0.29, 0.717) is 50.4 Å². The van der Waals surface area contributed by atoms with E-state index in [1.54, 1.807) is 15.9 Å². The highest BCUT2D eigenvalue weighted by Gasteiger charge is 2.32. The molecule has 1 aromatic heterocycles. The van der Waals surface area contributed by atoms with Crippen molar-refractivity contribution in [1.29, 1.82) is 0 Å². The lowest BCUT2D eigenvalue weighted by molar-refractivity contribution is -0.147. The second-order valence-electron chi connectivity index (χ2n) is 6.97. The molecule has 1 aromatic rings. The minimum Gasteiger partial charge on any atom is -0.351 e. The van der Waals surface area contributed by atoms with E-state index in [4.69, 9.17) is 0 Å². The number of amides is 5. The molecule has 0 unspecified atom stereocenters.